The molecule has 1 heterocycles. The summed E-state index contributed by atoms with van der Waals surface area (Å²) in [7, 11) is 0. The van der Waals surface area contributed by atoms with Gasteiger partial charge in [0, 0.05) is 19.0 Å². The molecule has 0 saturated carbocycles. The van der Waals surface area contributed by atoms with Crippen molar-refractivity contribution >= 4 is 6.09 Å². The van der Waals surface area contributed by atoms with Crippen molar-refractivity contribution in [2.75, 3.05) is 19.7 Å². The molecule has 0 radical (unpaired) electrons. The summed E-state index contributed by atoms with van der Waals surface area (Å²) >= 11 is 0. The first-order chi connectivity index (χ1) is 9.90. The summed E-state index contributed by atoms with van der Waals surface area (Å²) in [6, 6.07) is 8.07. The predicted octanol–water partition coefficient (Wildman–Crippen LogP) is 3.81. The Kier molecular flexibility index (Phi) is 4.76. The molecule has 1 atom stereocenters. The molecule has 1 amide bonds. The number of para-hydroxylation sites is 1. The molecule has 0 spiro atoms. The summed E-state index contributed by atoms with van der Waals surface area (Å²) < 4.78 is 11.2. The molecule has 0 aliphatic carbocycles. The molecule has 2 rings (SSSR count). The molecule has 1 aliphatic heterocycles. The number of rotatable bonds is 3. The highest BCUT2D eigenvalue weighted by Crippen LogP contribution is 2.34. The van der Waals surface area contributed by atoms with Crippen LogP contribution in [0.25, 0.3) is 0 Å². The van der Waals surface area contributed by atoms with Crippen LogP contribution in [-0.4, -0.2) is 36.3 Å². The third-order valence-corrected chi connectivity index (χ3v) is 3.56. The molecule has 4 nitrogen and oxygen atoms in total. The summed E-state index contributed by atoms with van der Waals surface area (Å²) in [5.74, 6) is 1.25. The summed E-state index contributed by atoms with van der Waals surface area (Å²) in [5, 5.41) is 0. The first kappa shape index (κ1) is 15.7. The van der Waals surface area contributed by atoms with Crippen molar-refractivity contribution in [3.63, 3.8) is 0 Å². The molecule has 1 aromatic carbocycles. The van der Waals surface area contributed by atoms with E-state index in [0.29, 0.717) is 25.6 Å². The van der Waals surface area contributed by atoms with Crippen molar-refractivity contribution in [2.45, 2.75) is 45.6 Å². The highest BCUT2D eigenvalue weighted by atomic mass is 16.6. The van der Waals surface area contributed by atoms with Crippen LogP contribution >= 0.6 is 0 Å². The highest BCUT2D eigenvalue weighted by Gasteiger charge is 2.27. The van der Waals surface area contributed by atoms with Gasteiger partial charge in [-0.2, -0.15) is 0 Å². The van der Waals surface area contributed by atoms with E-state index in [2.05, 4.69) is 6.07 Å². The Morgan fingerprint density at radius 1 is 1.38 bits per heavy atom. The van der Waals surface area contributed by atoms with Gasteiger partial charge in [0.05, 0.1) is 6.61 Å². The van der Waals surface area contributed by atoms with Crippen molar-refractivity contribution in [1.82, 2.24) is 4.90 Å². The number of likely N-dealkylation sites (N-methyl/N-ethyl adjacent to an activating group) is 1. The van der Waals surface area contributed by atoms with Crippen LogP contribution in [0.4, 0.5) is 4.79 Å². The molecule has 0 fully saturated rings. The Morgan fingerprint density at radius 3 is 2.76 bits per heavy atom. The zero-order valence-corrected chi connectivity index (χ0v) is 13.4. The summed E-state index contributed by atoms with van der Waals surface area (Å²) in [6.45, 7) is 9.68. The van der Waals surface area contributed by atoms with Crippen molar-refractivity contribution in [2.24, 2.45) is 0 Å². The van der Waals surface area contributed by atoms with Gasteiger partial charge in [-0.1, -0.05) is 18.2 Å². The molecular formula is C17H25NO3. The Morgan fingerprint density at radius 2 is 2.10 bits per heavy atom. The zero-order chi connectivity index (χ0) is 15.5. The van der Waals surface area contributed by atoms with Gasteiger partial charge in [0.25, 0.3) is 0 Å². The van der Waals surface area contributed by atoms with E-state index in [1.54, 1.807) is 4.90 Å². The third-order valence-electron chi connectivity index (χ3n) is 3.56. The first-order valence-corrected chi connectivity index (χ1v) is 7.60. The van der Waals surface area contributed by atoms with Crippen molar-refractivity contribution in [1.29, 1.82) is 0 Å². The number of nitrogens with zero attached hydrogens (tertiary/aromatic N) is 1. The van der Waals surface area contributed by atoms with Gasteiger partial charge in [-0.15, -0.1) is 0 Å². The van der Waals surface area contributed by atoms with Gasteiger partial charge in [-0.3, -0.25) is 0 Å². The normalized spacial score (nSPS) is 17.6. The Hall–Kier alpha value is -1.71. The fourth-order valence-corrected chi connectivity index (χ4v) is 2.53. The lowest BCUT2D eigenvalue weighted by atomic mass is 9.92. The van der Waals surface area contributed by atoms with E-state index in [1.165, 1.54) is 5.56 Å². The lowest BCUT2D eigenvalue weighted by molar-refractivity contribution is 0.0240. The minimum Gasteiger partial charge on any atom is -0.493 e. The summed E-state index contributed by atoms with van der Waals surface area (Å²) in [4.78, 5) is 14.0. The Labute approximate surface area is 127 Å². The van der Waals surface area contributed by atoms with E-state index in [1.807, 2.05) is 45.9 Å². The van der Waals surface area contributed by atoms with Crippen molar-refractivity contribution < 1.29 is 14.3 Å². The van der Waals surface area contributed by atoms with Crippen LogP contribution in [-0.2, 0) is 4.74 Å². The van der Waals surface area contributed by atoms with E-state index in [9.17, 15) is 4.79 Å². The van der Waals surface area contributed by atoms with Crippen molar-refractivity contribution in [3.05, 3.63) is 29.8 Å². The predicted molar refractivity (Wildman–Crippen MR) is 82.8 cm³/mol. The minimum atomic E-state index is -0.460. The second-order valence-electron chi connectivity index (χ2n) is 6.39. The molecule has 0 bridgehead atoms. The van der Waals surface area contributed by atoms with Crippen LogP contribution in [0.5, 0.6) is 5.75 Å². The van der Waals surface area contributed by atoms with Crippen LogP contribution in [0, 0.1) is 0 Å². The monoisotopic (exact) mass is 291 g/mol. The van der Waals surface area contributed by atoms with Crippen molar-refractivity contribution in [3.8, 4) is 5.75 Å². The number of ether oxygens (including phenoxy) is 2. The topological polar surface area (TPSA) is 38.8 Å². The van der Waals surface area contributed by atoms with E-state index in [0.717, 1.165) is 12.2 Å². The number of amides is 1. The maximum Gasteiger partial charge on any atom is 0.410 e. The Balaban J connectivity index is 2.08. The number of carbonyl (C=O) groups is 1. The number of fused-ring (bicyclic) bond motifs is 1. The molecular weight excluding hydrogens is 266 g/mol. The molecule has 0 saturated heterocycles. The average molecular weight is 291 g/mol. The SMILES string of the molecule is CCN(CC1CCOc2ccccc21)C(=O)OC(C)(C)C. The third kappa shape index (κ3) is 4.13. The van der Waals surface area contributed by atoms with Crippen LogP contribution in [0.2, 0.25) is 0 Å². The van der Waals surface area contributed by atoms with Crippen LogP contribution in [0.15, 0.2) is 24.3 Å². The quantitative estimate of drug-likeness (QED) is 0.850. The van der Waals surface area contributed by atoms with E-state index < -0.39 is 5.60 Å². The average Bonchev–Trinajstić information content (AvgIpc) is 2.42. The van der Waals surface area contributed by atoms with Gasteiger partial charge in [-0.05, 0) is 45.7 Å². The van der Waals surface area contributed by atoms with E-state index in [-0.39, 0.29) is 6.09 Å². The second kappa shape index (κ2) is 6.37. The summed E-state index contributed by atoms with van der Waals surface area (Å²) in [5.41, 5.74) is 0.726. The highest BCUT2D eigenvalue weighted by molar-refractivity contribution is 5.68. The van der Waals surface area contributed by atoms with Gasteiger partial charge in [0.15, 0.2) is 0 Å². The maximum atomic E-state index is 12.2. The van der Waals surface area contributed by atoms with E-state index >= 15 is 0 Å². The van der Waals surface area contributed by atoms with Gasteiger partial charge in [-0.25, -0.2) is 4.79 Å². The van der Waals surface area contributed by atoms with E-state index in [4.69, 9.17) is 9.47 Å². The lowest BCUT2D eigenvalue weighted by Crippen LogP contribution is -2.39. The molecule has 1 aromatic rings. The number of hydrogen-bond acceptors (Lipinski definition) is 3. The number of benzene rings is 1. The molecule has 21 heavy (non-hydrogen) atoms. The standard InChI is InChI=1S/C17H25NO3/c1-5-18(16(19)21-17(2,3)4)12-13-10-11-20-15-9-7-6-8-14(13)15/h6-9,13H,5,10-12H2,1-4H3. The van der Waals surface area contributed by atoms with Crippen LogP contribution in [0.3, 0.4) is 0 Å². The van der Waals surface area contributed by atoms with Crippen LogP contribution < -0.4 is 4.74 Å². The largest absolute Gasteiger partial charge is 0.493 e. The van der Waals surface area contributed by atoms with Crippen LogP contribution in [0.1, 0.15) is 45.6 Å². The van der Waals surface area contributed by atoms with Gasteiger partial charge >= 0.3 is 6.09 Å². The number of carbonyl (C=O) groups excluding carboxylic acids is 1. The first-order valence-electron chi connectivity index (χ1n) is 7.60. The molecule has 1 unspecified atom stereocenters. The minimum absolute atomic E-state index is 0.242. The summed E-state index contributed by atoms with van der Waals surface area (Å²) in [6.07, 6.45) is 0.685. The lowest BCUT2D eigenvalue weighted by Gasteiger charge is -2.32. The Bertz CT molecular complexity index is 493. The van der Waals surface area contributed by atoms with Gasteiger partial charge in [0.2, 0.25) is 0 Å². The smallest absolute Gasteiger partial charge is 0.410 e. The molecule has 116 valence electrons. The zero-order valence-electron chi connectivity index (χ0n) is 13.4. The number of hydrogen-bond donors (Lipinski definition) is 0. The fourth-order valence-electron chi connectivity index (χ4n) is 2.53. The van der Waals surface area contributed by atoms with Gasteiger partial charge < -0.3 is 14.4 Å². The van der Waals surface area contributed by atoms with Gasteiger partial charge in [0.1, 0.15) is 11.4 Å². The molecule has 1 aliphatic rings. The molecule has 0 N–H and O–H groups in total. The second-order valence-corrected chi connectivity index (χ2v) is 6.39. The fraction of sp³-hybridized carbons (Fsp3) is 0.588. The molecule has 4 heteroatoms. The maximum absolute atomic E-state index is 12.2. The molecule has 0 aromatic heterocycles.